The van der Waals surface area contributed by atoms with E-state index in [4.69, 9.17) is 10.5 Å². The Bertz CT molecular complexity index is 2140. The summed E-state index contributed by atoms with van der Waals surface area (Å²) < 4.78 is 97.8. The number of aromatic nitrogens is 2. The minimum Gasteiger partial charge on any atom is -0.461 e. The molecule has 52 heavy (non-hydrogen) atoms. The zero-order chi connectivity index (χ0) is 37.4. The smallest absolute Gasteiger partial charge is 0.417 e. The van der Waals surface area contributed by atoms with Crippen LogP contribution in [0.25, 0.3) is 32.1 Å². The van der Waals surface area contributed by atoms with Gasteiger partial charge in [0.1, 0.15) is 41.0 Å². The first-order chi connectivity index (χ1) is 24.6. The van der Waals surface area contributed by atoms with Crippen LogP contribution in [-0.4, -0.2) is 102 Å². The van der Waals surface area contributed by atoms with E-state index in [2.05, 4.69) is 9.97 Å². The highest BCUT2D eigenvalue weighted by molar-refractivity contribution is 7.23. The molecule has 276 valence electrons. The van der Waals surface area contributed by atoms with Crippen LogP contribution in [0.5, 0.6) is 6.01 Å². The standard InChI is InChI=1S/C35H36F6N8O2S/c1-17-24(8-11-49(17)33(50)46(2)3)47(4)31-20-12-22(35(39,40)41)26(19-6-7-23(37)29-25(19)21(14-42)30(43)52-29)27(38)28(20)44-32(45-31)51-16-34-9-5-10-48(34)15-18(36)13-34/h6-7,12,17-18,24H,5,8-11,13,15-16,43H2,1-4H3. The Balaban J connectivity index is 1.44. The molecule has 0 spiro atoms. The van der Waals surface area contributed by atoms with E-state index in [1.54, 1.807) is 30.9 Å². The molecule has 3 aliphatic rings. The maximum Gasteiger partial charge on any atom is 0.417 e. The zero-order valence-electron chi connectivity index (χ0n) is 28.8. The summed E-state index contributed by atoms with van der Waals surface area (Å²) in [5, 5.41) is 9.20. The van der Waals surface area contributed by atoms with Gasteiger partial charge in [0.25, 0.3) is 0 Å². The van der Waals surface area contributed by atoms with E-state index < -0.39 is 58.2 Å². The van der Waals surface area contributed by atoms with Crippen molar-refractivity contribution in [2.45, 2.75) is 62.6 Å². The average Bonchev–Trinajstić information content (AvgIpc) is 3.83. The van der Waals surface area contributed by atoms with Gasteiger partial charge in [-0.25, -0.2) is 18.0 Å². The predicted octanol–water partition coefficient (Wildman–Crippen LogP) is 6.80. The highest BCUT2D eigenvalue weighted by Gasteiger charge is 2.49. The van der Waals surface area contributed by atoms with Crippen molar-refractivity contribution >= 4 is 49.2 Å². The van der Waals surface area contributed by atoms with Crippen LogP contribution < -0.4 is 15.4 Å². The number of anilines is 2. The molecule has 2 aromatic carbocycles. The minimum absolute atomic E-state index is 0.0273. The summed E-state index contributed by atoms with van der Waals surface area (Å²) in [6.45, 7) is 3.08. The van der Waals surface area contributed by atoms with E-state index >= 15 is 17.6 Å². The van der Waals surface area contributed by atoms with Gasteiger partial charge >= 0.3 is 18.2 Å². The Kier molecular flexibility index (Phi) is 8.84. The Morgan fingerprint density at radius 3 is 2.65 bits per heavy atom. The highest BCUT2D eigenvalue weighted by atomic mass is 32.1. The lowest BCUT2D eigenvalue weighted by molar-refractivity contribution is -0.137. The van der Waals surface area contributed by atoms with Crippen molar-refractivity contribution in [3.05, 3.63) is 41.0 Å². The number of nitrogens with two attached hydrogens (primary N) is 1. The average molecular weight is 747 g/mol. The summed E-state index contributed by atoms with van der Waals surface area (Å²) in [6.07, 6.45) is -4.05. The summed E-state index contributed by atoms with van der Waals surface area (Å²) in [7, 11) is 4.84. The van der Waals surface area contributed by atoms with Crippen LogP contribution in [0, 0.1) is 23.0 Å². The van der Waals surface area contributed by atoms with Crippen molar-refractivity contribution in [1.82, 2.24) is 24.7 Å². The van der Waals surface area contributed by atoms with Crippen molar-refractivity contribution in [3.8, 4) is 23.2 Å². The molecule has 4 aromatic rings. The van der Waals surface area contributed by atoms with E-state index in [1.807, 2.05) is 17.9 Å². The maximum absolute atomic E-state index is 17.2. The third-order valence-corrected chi connectivity index (χ3v) is 11.8. The van der Waals surface area contributed by atoms with Gasteiger partial charge in [0, 0.05) is 57.0 Å². The molecule has 5 heterocycles. The number of fused-ring (bicyclic) bond motifs is 3. The number of likely N-dealkylation sites (tertiary alicyclic amines) is 1. The molecule has 7 rings (SSSR count). The monoisotopic (exact) mass is 746 g/mol. The lowest BCUT2D eigenvalue weighted by atomic mass is 9.92. The number of hydrogen-bond donors (Lipinski definition) is 1. The van der Waals surface area contributed by atoms with E-state index in [9.17, 15) is 18.8 Å². The van der Waals surface area contributed by atoms with Gasteiger partial charge in [-0.3, -0.25) is 4.90 Å². The van der Waals surface area contributed by atoms with Gasteiger partial charge in [0.2, 0.25) is 0 Å². The van der Waals surface area contributed by atoms with Crippen molar-refractivity contribution in [3.63, 3.8) is 0 Å². The van der Waals surface area contributed by atoms with Crippen LogP contribution in [0.15, 0.2) is 18.2 Å². The number of urea groups is 1. The first-order valence-corrected chi connectivity index (χ1v) is 17.6. The zero-order valence-corrected chi connectivity index (χ0v) is 29.6. The highest BCUT2D eigenvalue weighted by Crippen LogP contribution is 2.48. The molecular weight excluding hydrogens is 710 g/mol. The number of alkyl halides is 4. The third kappa shape index (κ3) is 5.70. The number of rotatable bonds is 6. The van der Waals surface area contributed by atoms with Crippen molar-refractivity contribution in [2.24, 2.45) is 0 Å². The first kappa shape index (κ1) is 35.8. The number of hydrogen-bond acceptors (Lipinski definition) is 9. The van der Waals surface area contributed by atoms with Crippen molar-refractivity contribution < 1.29 is 35.9 Å². The molecule has 3 aliphatic heterocycles. The molecule has 3 fully saturated rings. The number of amides is 2. The fourth-order valence-corrected chi connectivity index (χ4v) is 9.24. The summed E-state index contributed by atoms with van der Waals surface area (Å²) in [5.74, 6) is -2.28. The SMILES string of the molecule is CC1C(N(C)c2nc(OCC34CCCN3CC(F)C4)nc3c(F)c(-c4ccc(F)c5sc(N)c(C#N)c45)c(C(F)(F)F)cc23)CCN1C(=O)N(C)C. The Morgan fingerprint density at radius 2 is 1.96 bits per heavy atom. The molecule has 0 bridgehead atoms. The van der Waals surface area contributed by atoms with Crippen LogP contribution in [0.1, 0.15) is 43.7 Å². The van der Waals surface area contributed by atoms with E-state index in [0.29, 0.717) is 37.3 Å². The maximum atomic E-state index is 17.2. The number of thiophene rings is 1. The molecule has 0 saturated carbocycles. The molecule has 2 N–H and O–H groups in total. The number of nitriles is 1. The number of nitrogens with zero attached hydrogens (tertiary/aromatic N) is 7. The molecule has 10 nitrogen and oxygen atoms in total. The number of carbonyl (C=O) groups excluding carboxylic acids is 1. The van der Waals surface area contributed by atoms with Crippen LogP contribution in [0.4, 0.5) is 42.0 Å². The van der Waals surface area contributed by atoms with Crippen molar-refractivity contribution in [2.75, 3.05) is 58.0 Å². The molecule has 2 aromatic heterocycles. The predicted molar refractivity (Wildman–Crippen MR) is 185 cm³/mol. The lowest BCUT2D eigenvalue weighted by Gasteiger charge is -2.33. The minimum atomic E-state index is -5.13. The van der Waals surface area contributed by atoms with Crippen LogP contribution in [-0.2, 0) is 6.18 Å². The van der Waals surface area contributed by atoms with Gasteiger partial charge in [0.05, 0.1) is 33.4 Å². The number of ether oxygens (including phenoxy) is 1. The molecule has 17 heteroatoms. The second-order valence-electron chi connectivity index (χ2n) is 14.0. The van der Waals surface area contributed by atoms with Gasteiger partial charge in [-0.1, -0.05) is 6.07 Å². The van der Waals surface area contributed by atoms with Gasteiger partial charge in [-0.05, 0) is 50.4 Å². The summed E-state index contributed by atoms with van der Waals surface area (Å²) >= 11 is 0.677. The molecular formula is C35H36F6N8O2S. The normalized spacial score (nSPS) is 23.4. The molecule has 4 atom stereocenters. The molecule has 2 amide bonds. The first-order valence-electron chi connectivity index (χ1n) is 16.8. The Hall–Kier alpha value is -4.56. The molecule has 0 aliphatic carbocycles. The van der Waals surface area contributed by atoms with Gasteiger partial charge in [-0.2, -0.15) is 28.4 Å². The van der Waals surface area contributed by atoms with Crippen molar-refractivity contribution in [1.29, 1.82) is 5.26 Å². The molecule has 4 unspecified atom stereocenters. The van der Waals surface area contributed by atoms with E-state index in [-0.39, 0.29) is 69.0 Å². The topological polar surface area (TPSA) is 115 Å². The van der Waals surface area contributed by atoms with E-state index in [1.165, 1.54) is 4.90 Å². The number of halogens is 6. The van der Waals surface area contributed by atoms with Gasteiger partial charge in [-0.15, -0.1) is 11.3 Å². The van der Waals surface area contributed by atoms with Crippen LogP contribution in [0.3, 0.4) is 0 Å². The number of likely N-dealkylation sites (N-methyl/N-ethyl adjacent to an activating group) is 1. The number of carbonyl (C=O) groups is 1. The fourth-order valence-electron chi connectivity index (χ4n) is 8.29. The van der Waals surface area contributed by atoms with Gasteiger partial charge < -0.3 is 25.2 Å². The quantitative estimate of drug-likeness (QED) is 0.215. The summed E-state index contributed by atoms with van der Waals surface area (Å²) in [6, 6.07) is 3.06. The Labute approximate surface area is 299 Å². The Morgan fingerprint density at radius 1 is 1.21 bits per heavy atom. The summed E-state index contributed by atoms with van der Waals surface area (Å²) in [4.78, 5) is 28.5. The van der Waals surface area contributed by atoms with E-state index in [0.717, 1.165) is 24.6 Å². The second kappa shape index (κ2) is 12.8. The molecule has 0 radical (unpaired) electrons. The number of benzene rings is 2. The van der Waals surface area contributed by atoms with Crippen LogP contribution in [0.2, 0.25) is 0 Å². The second-order valence-corrected chi connectivity index (χ2v) is 15.1. The lowest BCUT2D eigenvalue weighted by Crippen LogP contribution is -2.47. The third-order valence-electron chi connectivity index (χ3n) is 10.8. The van der Waals surface area contributed by atoms with Crippen LogP contribution >= 0.6 is 11.3 Å². The largest absolute Gasteiger partial charge is 0.461 e. The summed E-state index contributed by atoms with van der Waals surface area (Å²) in [5.41, 5.74) is 1.84. The number of nitrogen functional groups attached to an aromatic ring is 1. The molecule has 3 saturated heterocycles. The fraction of sp³-hybridized carbons (Fsp3) is 0.486. The van der Waals surface area contributed by atoms with Gasteiger partial charge in [0.15, 0.2) is 5.82 Å².